The normalized spacial score (nSPS) is 21.1. The summed E-state index contributed by atoms with van der Waals surface area (Å²) < 4.78 is 5.45. The van der Waals surface area contributed by atoms with Gasteiger partial charge in [-0.25, -0.2) is 0 Å². The maximum absolute atomic E-state index is 6.12. The molecule has 0 saturated carbocycles. The fourth-order valence-electron chi connectivity index (χ4n) is 2.83. The topological polar surface area (TPSA) is 38.5 Å². The second-order valence-corrected chi connectivity index (χ2v) is 5.19. The standard InChI is InChI=1S/C15H24N2O/c1-4-12-8-9-17(10-12)13-6-5-7-14(18-3)15(13)11(2)16/h5-7,11-12H,4,8-10,16H2,1-3H3/t11-,12?/m1/s1. The van der Waals surface area contributed by atoms with Crippen LogP contribution in [0.25, 0.3) is 0 Å². The number of benzene rings is 1. The molecule has 3 nitrogen and oxygen atoms in total. The highest BCUT2D eigenvalue weighted by molar-refractivity contribution is 5.61. The van der Waals surface area contributed by atoms with Gasteiger partial charge in [-0.15, -0.1) is 0 Å². The monoisotopic (exact) mass is 248 g/mol. The summed E-state index contributed by atoms with van der Waals surface area (Å²) in [5.41, 5.74) is 8.51. The number of rotatable bonds is 4. The molecule has 0 bridgehead atoms. The van der Waals surface area contributed by atoms with Crippen LogP contribution in [0.15, 0.2) is 18.2 Å². The Bertz CT molecular complexity index is 403. The van der Waals surface area contributed by atoms with Gasteiger partial charge in [0.1, 0.15) is 5.75 Å². The summed E-state index contributed by atoms with van der Waals surface area (Å²) in [6.45, 7) is 6.57. The van der Waals surface area contributed by atoms with Crippen molar-refractivity contribution in [2.75, 3.05) is 25.1 Å². The third-order valence-corrected chi connectivity index (χ3v) is 3.92. The Balaban J connectivity index is 2.32. The summed E-state index contributed by atoms with van der Waals surface area (Å²) in [7, 11) is 1.71. The Morgan fingerprint density at radius 2 is 2.28 bits per heavy atom. The molecule has 1 saturated heterocycles. The zero-order valence-electron chi connectivity index (χ0n) is 11.6. The largest absolute Gasteiger partial charge is 0.496 e. The lowest BCUT2D eigenvalue weighted by Crippen LogP contribution is -2.23. The molecule has 100 valence electrons. The molecular formula is C15H24N2O. The summed E-state index contributed by atoms with van der Waals surface area (Å²) in [5, 5.41) is 0. The van der Waals surface area contributed by atoms with E-state index in [1.807, 2.05) is 13.0 Å². The maximum Gasteiger partial charge on any atom is 0.125 e. The lowest BCUT2D eigenvalue weighted by molar-refractivity contribution is 0.407. The van der Waals surface area contributed by atoms with Crippen LogP contribution in [0.3, 0.4) is 0 Å². The average molecular weight is 248 g/mol. The van der Waals surface area contributed by atoms with E-state index in [0.717, 1.165) is 30.3 Å². The van der Waals surface area contributed by atoms with Gasteiger partial charge >= 0.3 is 0 Å². The first kappa shape index (κ1) is 13.2. The molecule has 1 fully saturated rings. The number of nitrogens with two attached hydrogens (primary N) is 1. The quantitative estimate of drug-likeness (QED) is 0.890. The van der Waals surface area contributed by atoms with Crippen molar-refractivity contribution in [3.8, 4) is 5.75 Å². The number of hydrogen-bond acceptors (Lipinski definition) is 3. The van der Waals surface area contributed by atoms with E-state index in [4.69, 9.17) is 10.5 Å². The van der Waals surface area contributed by atoms with E-state index >= 15 is 0 Å². The Morgan fingerprint density at radius 1 is 1.50 bits per heavy atom. The predicted molar refractivity (Wildman–Crippen MR) is 76.2 cm³/mol. The molecule has 0 amide bonds. The zero-order valence-corrected chi connectivity index (χ0v) is 11.6. The van der Waals surface area contributed by atoms with Crippen molar-refractivity contribution in [1.82, 2.24) is 0 Å². The Labute approximate surface area is 110 Å². The first-order valence-corrected chi connectivity index (χ1v) is 6.84. The van der Waals surface area contributed by atoms with Crippen molar-refractivity contribution in [1.29, 1.82) is 0 Å². The molecule has 1 heterocycles. The molecule has 0 radical (unpaired) electrons. The van der Waals surface area contributed by atoms with Gasteiger partial charge in [0.05, 0.1) is 7.11 Å². The highest BCUT2D eigenvalue weighted by Crippen LogP contribution is 2.36. The summed E-state index contributed by atoms with van der Waals surface area (Å²) in [4.78, 5) is 2.45. The fraction of sp³-hybridized carbons (Fsp3) is 0.600. The van der Waals surface area contributed by atoms with Crippen LogP contribution in [0.5, 0.6) is 5.75 Å². The van der Waals surface area contributed by atoms with E-state index in [1.54, 1.807) is 7.11 Å². The Kier molecular flexibility index (Phi) is 4.12. The van der Waals surface area contributed by atoms with Crippen molar-refractivity contribution < 1.29 is 4.74 Å². The van der Waals surface area contributed by atoms with Crippen LogP contribution >= 0.6 is 0 Å². The molecule has 3 heteroatoms. The molecular weight excluding hydrogens is 224 g/mol. The lowest BCUT2D eigenvalue weighted by atomic mass is 10.0. The Hall–Kier alpha value is -1.22. The molecule has 1 aliphatic rings. The summed E-state index contributed by atoms with van der Waals surface area (Å²) in [5.74, 6) is 1.72. The summed E-state index contributed by atoms with van der Waals surface area (Å²) in [6.07, 6.45) is 2.54. The SMILES string of the molecule is CCC1CCN(c2cccc(OC)c2[C@@H](C)N)C1. The Morgan fingerprint density at radius 3 is 2.83 bits per heavy atom. The highest BCUT2D eigenvalue weighted by Gasteiger charge is 2.25. The molecule has 1 unspecified atom stereocenters. The minimum absolute atomic E-state index is 0.00294. The fourth-order valence-corrected chi connectivity index (χ4v) is 2.83. The van der Waals surface area contributed by atoms with Gasteiger partial charge in [-0.1, -0.05) is 19.4 Å². The van der Waals surface area contributed by atoms with Gasteiger partial charge in [0, 0.05) is 30.4 Å². The van der Waals surface area contributed by atoms with Crippen LogP contribution in [-0.4, -0.2) is 20.2 Å². The molecule has 2 rings (SSSR count). The number of nitrogens with zero attached hydrogens (tertiary/aromatic N) is 1. The number of ether oxygens (including phenoxy) is 1. The van der Waals surface area contributed by atoms with Crippen molar-refractivity contribution >= 4 is 5.69 Å². The molecule has 18 heavy (non-hydrogen) atoms. The van der Waals surface area contributed by atoms with E-state index in [9.17, 15) is 0 Å². The van der Waals surface area contributed by atoms with E-state index in [1.165, 1.54) is 18.5 Å². The number of hydrogen-bond donors (Lipinski definition) is 1. The van der Waals surface area contributed by atoms with Gasteiger partial charge in [-0.05, 0) is 31.4 Å². The van der Waals surface area contributed by atoms with Gasteiger partial charge in [-0.3, -0.25) is 0 Å². The van der Waals surface area contributed by atoms with Gasteiger partial charge < -0.3 is 15.4 Å². The molecule has 1 aromatic carbocycles. The minimum Gasteiger partial charge on any atom is -0.496 e. The van der Waals surface area contributed by atoms with E-state index < -0.39 is 0 Å². The van der Waals surface area contributed by atoms with Crippen molar-refractivity contribution in [3.05, 3.63) is 23.8 Å². The highest BCUT2D eigenvalue weighted by atomic mass is 16.5. The van der Waals surface area contributed by atoms with Crippen LogP contribution < -0.4 is 15.4 Å². The van der Waals surface area contributed by atoms with Crippen LogP contribution in [0.1, 0.15) is 38.3 Å². The second kappa shape index (κ2) is 5.61. The van der Waals surface area contributed by atoms with Crippen LogP contribution in [0.4, 0.5) is 5.69 Å². The molecule has 0 aliphatic carbocycles. The lowest BCUT2D eigenvalue weighted by Gasteiger charge is -2.25. The van der Waals surface area contributed by atoms with E-state index in [-0.39, 0.29) is 6.04 Å². The molecule has 2 N–H and O–H groups in total. The van der Waals surface area contributed by atoms with E-state index in [0.29, 0.717) is 0 Å². The van der Waals surface area contributed by atoms with Gasteiger partial charge in [-0.2, -0.15) is 0 Å². The number of methoxy groups -OCH3 is 1. The average Bonchev–Trinajstić information content (AvgIpc) is 2.86. The van der Waals surface area contributed by atoms with Crippen LogP contribution in [-0.2, 0) is 0 Å². The molecule has 0 spiro atoms. The molecule has 1 aromatic rings. The van der Waals surface area contributed by atoms with Crippen molar-refractivity contribution in [3.63, 3.8) is 0 Å². The predicted octanol–water partition coefficient (Wildman–Crippen LogP) is 2.95. The van der Waals surface area contributed by atoms with Crippen molar-refractivity contribution in [2.45, 2.75) is 32.7 Å². The van der Waals surface area contributed by atoms with Crippen LogP contribution in [0.2, 0.25) is 0 Å². The molecule has 0 aromatic heterocycles. The van der Waals surface area contributed by atoms with Crippen LogP contribution in [0, 0.1) is 5.92 Å². The first-order valence-electron chi connectivity index (χ1n) is 6.84. The minimum atomic E-state index is -0.00294. The molecule has 2 atom stereocenters. The summed E-state index contributed by atoms with van der Waals surface area (Å²) in [6, 6.07) is 6.21. The van der Waals surface area contributed by atoms with Crippen molar-refractivity contribution in [2.24, 2.45) is 11.7 Å². The first-order chi connectivity index (χ1) is 8.67. The van der Waals surface area contributed by atoms with Gasteiger partial charge in [0.2, 0.25) is 0 Å². The third-order valence-electron chi connectivity index (χ3n) is 3.92. The maximum atomic E-state index is 6.12. The van der Waals surface area contributed by atoms with E-state index in [2.05, 4.69) is 24.0 Å². The smallest absolute Gasteiger partial charge is 0.125 e. The second-order valence-electron chi connectivity index (χ2n) is 5.19. The summed E-state index contributed by atoms with van der Waals surface area (Å²) >= 11 is 0. The zero-order chi connectivity index (χ0) is 13.1. The molecule has 1 aliphatic heterocycles. The third kappa shape index (κ3) is 2.46. The van der Waals surface area contributed by atoms with Gasteiger partial charge in [0.15, 0.2) is 0 Å². The number of anilines is 1. The van der Waals surface area contributed by atoms with Gasteiger partial charge in [0.25, 0.3) is 0 Å².